The minimum Gasteiger partial charge on any atom is -0.497 e. The summed E-state index contributed by atoms with van der Waals surface area (Å²) >= 11 is 1.41. The van der Waals surface area contributed by atoms with E-state index in [9.17, 15) is 4.79 Å². The van der Waals surface area contributed by atoms with Crippen LogP contribution in [0.1, 0.15) is 10.4 Å². The van der Waals surface area contributed by atoms with Crippen molar-refractivity contribution >= 4 is 27.5 Å². The number of hydrogen-bond donors (Lipinski definition) is 0. The van der Waals surface area contributed by atoms with Crippen molar-refractivity contribution in [2.75, 3.05) is 21.0 Å². The molecule has 3 aromatic rings. The maximum absolute atomic E-state index is 12.6. The van der Waals surface area contributed by atoms with Gasteiger partial charge in [0.15, 0.2) is 16.3 Å². The molecule has 2 aromatic carbocycles. The van der Waals surface area contributed by atoms with E-state index in [0.29, 0.717) is 33.4 Å². The second kappa shape index (κ2) is 6.38. The lowest BCUT2D eigenvalue weighted by atomic mass is 10.2. The fraction of sp³-hybridized carbons (Fsp3) is 0.222. The van der Waals surface area contributed by atoms with E-state index in [-0.39, 0.29) is 12.7 Å². The molecule has 0 saturated heterocycles. The number of carbonyl (C=O) groups is 1. The second-order valence-electron chi connectivity index (χ2n) is 5.64. The smallest absolute Gasteiger partial charge is 0.279 e. The Morgan fingerprint density at radius 3 is 2.38 bits per heavy atom. The van der Waals surface area contributed by atoms with E-state index < -0.39 is 0 Å². The Morgan fingerprint density at radius 1 is 1.08 bits per heavy atom. The molecule has 0 unspecified atom stereocenters. The van der Waals surface area contributed by atoms with Gasteiger partial charge in [0.05, 0.1) is 24.4 Å². The van der Waals surface area contributed by atoms with Crippen LogP contribution in [0.4, 0.5) is 0 Å². The van der Waals surface area contributed by atoms with Crippen LogP contribution < -0.4 is 23.7 Å². The van der Waals surface area contributed by atoms with Crippen LogP contribution in [-0.2, 0) is 7.05 Å². The number of thiazole rings is 1. The number of ether oxygens (including phenoxy) is 4. The molecule has 1 aliphatic heterocycles. The molecule has 4 rings (SSSR count). The standard InChI is InChI=1S/C18H16N2O5S/c1-20-13-7-14-15(25-9-24-14)8-16(13)26-18(20)19-17(21)10-4-11(22-2)6-12(5-10)23-3/h4-8H,9H2,1-3H3. The molecule has 26 heavy (non-hydrogen) atoms. The number of rotatable bonds is 3. The molecule has 0 aliphatic carbocycles. The highest BCUT2D eigenvalue weighted by Gasteiger charge is 2.17. The number of nitrogens with zero attached hydrogens (tertiary/aromatic N) is 2. The van der Waals surface area contributed by atoms with Gasteiger partial charge in [-0.2, -0.15) is 4.99 Å². The van der Waals surface area contributed by atoms with Crippen molar-refractivity contribution in [3.8, 4) is 23.0 Å². The number of benzene rings is 2. The molecule has 0 N–H and O–H groups in total. The molecule has 1 aliphatic rings. The van der Waals surface area contributed by atoms with Crippen molar-refractivity contribution in [2.24, 2.45) is 12.0 Å². The first-order chi connectivity index (χ1) is 12.6. The van der Waals surface area contributed by atoms with E-state index >= 15 is 0 Å². The number of methoxy groups -OCH3 is 2. The summed E-state index contributed by atoms with van der Waals surface area (Å²) in [6.45, 7) is 0.226. The van der Waals surface area contributed by atoms with Crippen LogP contribution in [0.25, 0.3) is 10.2 Å². The zero-order valence-corrected chi connectivity index (χ0v) is 15.3. The van der Waals surface area contributed by atoms with Gasteiger partial charge >= 0.3 is 0 Å². The Labute approximate surface area is 153 Å². The van der Waals surface area contributed by atoms with Crippen LogP contribution in [0.2, 0.25) is 0 Å². The van der Waals surface area contributed by atoms with E-state index in [0.717, 1.165) is 10.2 Å². The molecule has 0 atom stereocenters. The van der Waals surface area contributed by atoms with Gasteiger partial charge in [-0.05, 0) is 12.1 Å². The highest BCUT2D eigenvalue weighted by molar-refractivity contribution is 7.16. The molecule has 7 nitrogen and oxygen atoms in total. The Balaban J connectivity index is 1.79. The van der Waals surface area contributed by atoms with Gasteiger partial charge in [-0.3, -0.25) is 4.79 Å². The molecule has 0 fully saturated rings. The molecular formula is C18H16N2O5S. The van der Waals surface area contributed by atoms with Crippen LogP contribution in [0, 0.1) is 0 Å². The maximum atomic E-state index is 12.6. The van der Waals surface area contributed by atoms with Crippen LogP contribution in [0.5, 0.6) is 23.0 Å². The Hall–Kier alpha value is -3.00. The van der Waals surface area contributed by atoms with Gasteiger partial charge < -0.3 is 23.5 Å². The number of aryl methyl sites for hydroxylation is 1. The number of fused-ring (bicyclic) bond motifs is 2. The van der Waals surface area contributed by atoms with Crippen LogP contribution in [0.15, 0.2) is 35.3 Å². The minimum atomic E-state index is -0.371. The lowest BCUT2D eigenvalue weighted by molar-refractivity contribution is 0.0997. The third-order valence-electron chi connectivity index (χ3n) is 4.10. The number of hydrogen-bond acceptors (Lipinski definition) is 6. The van der Waals surface area contributed by atoms with Gasteiger partial charge in [-0.25, -0.2) is 0 Å². The van der Waals surface area contributed by atoms with Crippen molar-refractivity contribution in [2.45, 2.75) is 0 Å². The van der Waals surface area contributed by atoms with Gasteiger partial charge in [0, 0.05) is 30.8 Å². The molecule has 0 saturated carbocycles. The first-order valence-corrected chi connectivity index (χ1v) is 8.62. The Morgan fingerprint density at radius 2 is 1.73 bits per heavy atom. The third kappa shape index (κ3) is 2.78. The van der Waals surface area contributed by atoms with Gasteiger partial charge in [-0.1, -0.05) is 11.3 Å². The summed E-state index contributed by atoms with van der Waals surface area (Å²) in [6, 6.07) is 8.78. The first kappa shape index (κ1) is 16.5. The average molecular weight is 372 g/mol. The molecule has 134 valence electrons. The monoisotopic (exact) mass is 372 g/mol. The predicted octanol–water partition coefficient (Wildman–Crippen LogP) is 2.73. The third-order valence-corrected chi connectivity index (χ3v) is 5.19. The Kier molecular flexibility index (Phi) is 4.04. The number of aromatic nitrogens is 1. The maximum Gasteiger partial charge on any atom is 0.279 e. The molecular weight excluding hydrogens is 356 g/mol. The zero-order chi connectivity index (χ0) is 18.3. The van der Waals surface area contributed by atoms with Gasteiger partial charge in [0.2, 0.25) is 6.79 Å². The topological polar surface area (TPSA) is 71.3 Å². The highest BCUT2D eigenvalue weighted by atomic mass is 32.1. The lowest BCUT2D eigenvalue weighted by Gasteiger charge is -2.05. The van der Waals surface area contributed by atoms with Crippen LogP contribution in [-0.4, -0.2) is 31.5 Å². The molecule has 0 radical (unpaired) electrons. The lowest BCUT2D eigenvalue weighted by Crippen LogP contribution is -2.13. The quantitative estimate of drug-likeness (QED) is 0.707. The summed E-state index contributed by atoms with van der Waals surface area (Å²) in [5.74, 6) is 2.10. The second-order valence-corrected chi connectivity index (χ2v) is 6.64. The van der Waals surface area contributed by atoms with Crippen molar-refractivity contribution in [1.29, 1.82) is 0 Å². The van der Waals surface area contributed by atoms with Gasteiger partial charge in [-0.15, -0.1) is 0 Å². The summed E-state index contributed by atoms with van der Waals surface area (Å²) in [5, 5.41) is 0. The van der Waals surface area contributed by atoms with Crippen molar-refractivity contribution in [3.63, 3.8) is 0 Å². The summed E-state index contributed by atoms with van der Waals surface area (Å²) < 4.78 is 24.1. The summed E-state index contributed by atoms with van der Waals surface area (Å²) in [4.78, 5) is 17.5. The number of carbonyl (C=O) groups excluding carboxylic acids is 1. The molecule has 0 spiro atoms. The fourth-order valence-electron chi connectivity index (χ4n) is 2.71. The zero-order valence-electron chi connectivity index (χ0n) is 14.4. The van der Waals surface area contributed by atoms with Crippen molar-refractivity contribution in [1.82, 2.24) is 4.57 Å². The first-order valence-electron chi connectivity index (χ1n) is 7.80. The summed E-state index contributed by atoms with van der Waals surface area (Å²) in [7, 11) is 4.93. The average Bonchev–Trinajstić information content (AvgIpc) is 3.23. The molecule has 8 heteroatoms. The SMILES string of the molecule is COc1cc(OC)cc(C(=O)N=c2sc3cc4c(cc3n2C)OCO4)c1. The Bertz CT molecular complexity index is 1060. The normalized spacial score (nSPS) is 13.3. The highest BCUT2D eigenvalue weighted by Crippen LogP contribution is 2.36. The van der Waals surface area contributed by atoms with E-state index in [1.165, 1.54) is 25.6 Å². The summed E-state index contributed by atoms with van der Waals surface area (Å²) in [6.07, 6.45) is 0. The van der Waals surface area contributed by atoms with E-state index in [4.69, 9.17) is 18.9 Å². The molecule has 2 heterocycles. The van der Waals surface area contributed by atoms with Gasteiger partial charge in [0.25, 0.3) is 5.91 Å². The largest absolute Gasteiger partial charge is 0.497 e. The van der Waals surface area contributed by atoms with Crippen molar-refractivity contribution < 1.29 is 23.7 Å². The molecule has 0 bridgehead atoms. The van der Waals surface area contributed by atoms with E-state index in [2.05, 4.69) is 4.99 Å². The van der Waals surface area contributed by atoms with E-state index in [1.54, 1.807) is 18.2 Å². The van der Waals surface area contributed by atoms with Crippen LogP contribution in [0.3, 0.4) is 0 Å². The fourth-order valence-corrected chi connectivity index (χ4v) is 3.73. The summed E-state index contributed by atoms with van der Waals surface area (Å²) in [5.41, 5.74) is 1.32. The number of amides is 1. The minimum absolute atomic E-state index is 0.226. The van der Waals surface area contributed by atoms with Crippen molar-refractivity contribution in [3.05, 3.63) is 40.7 Å². The molecule has 1 amide bonds. The van der Waals surface area contributed by atoms with Crippen LogP contribution >= 0.6 is 11.3 Å². The van der Waals surface area contributed by atoms with E-state index in [1.807, 2.05) is 23.7 Å². The predicted molar refractivity (Wildman–Crippen MR) is 96.4 cm³/mol. The van der Waals surface area contributed by atoms with Gasteiger partial charge in [0.1, 0.15) is 11.5 Å². The molecule has 1 aromatic heterocycles.